The predicted molar refractivity (Wildman–Crippen MR) is 91.8 cm³/mol. The van der Waals surface area contributed by atoms with Gasteiger partial charge in [-0.05, 0) is 48.5 Å². The van der Waals surface area contributed by atoms with Crippen molar-refractivity contribution in [2.24, 2.45) is 0 Å². The Labute approximate surface area is 143 Å². The largest absolute Gasteiger partial charge is 0.337 e. The highest BCUT2D eigenvalue weighted by atomic mass is 19.1. The summed E-state index contributed by atoms with van der Waals surface area (Å²) in [5.74, 6) is -0.862. The van der Waals surface area contributed by atoms with E-state index in [4.69, 9.17) is 0 Å². The zero-order chi connectivity index (χ0) is 17.6. The Morgan fingerprint density at radius 2 is 1.56 bits per heavy atom. The maximum absolute atomic E-state index is 13.0. The second-order valence-corrected chi connectivity index (χ2v) is 5.14. The molecule has 1 heterocycles. The molecule has 7 heteroatoms. The Kier molecular flexibility index (Phi) is 4.75. The Morgan fingerprint density at radius 3 is 2.28 bits per heavy atom. The molecule has 6 nitrogen and oxygen atoms in total. The molecule has 0 spiro atoms. The van der Waals surface area contributed by atoms with Crippen molar-refractivity contribution in [3.8, 4) is 5.69 Å². The summed E-state index contributed by atoms with van der Waals surface area (Å²) in [5, 5.41) is 2.58. The monoisotopic (exact) mass is 338 g/mol. The third kappa shape index (κ3) is 4.03. The van der Waals surface area contributed by atoms with Crippen LogP contribution in [0.5, 0.6) is 0 Å². The Hall–Kier alpha value is -3.61. The second kappa shape index (κ2) is 7.31. The van der Waals surface area contributed by atoms with Gasteiger partial charge in [-0.25, -0.2) is 14.6 Å². The summed E-state index contributed by atoms with van der Waals surface area (Å²) in [5.41, 5.74) is 6.14. The summed E-state index contributed by atoms with van der Waals surface area (Å²) in [7, 11) is 0. The molecule has 3 aromatic rings. The highest BCUT2D eigenvalue weighted by Crippen LogP contribution is 2.13. The molecule has 0 saturated heterocycles. The number of aromatic nitrogens is 1. The lowest BCUT2D eigenvalue weighted by Gasteiger charge is -2.11. The van der Waals surface area contributed by atoms with E-state index in [1.807, 2.05) is 6.07 Å². The molecule has 0 radical (unpaired) electrons. The summed E-state index contributed by atoms with van der Waals surface area (Å²) in [6.07, 6.45) is 1.67. The van der Waals surface area contributed by atoms with E-state index in [1.54, 1.807) is 59.3 Å². The number of halogens is 1. The number of hydrogen-bond acceptors (Lipinski definition) is 2. The quantitative estimate of drug-likeness (QED) is 0.642. The normalized spacial score (nSPS) is 10.1. The minimum Gasteiger partial charge on any atom is -0.312 e. The third-order valence-electron chi connectivity index (χ3n) is 3.41. The van der Waals surface area contributed by atoms with Crippen LogP contribution in [0.3, 0.4) is 0 Å². The molecule has 3 amide bonds. The first-order valence-corrected chi connectivity index (χ1v) is 7.49. The molecule has 2 aromatic carbocycles. The van der Waals surface area contributed by atoms with Crippen LogP contribution in [-0.4, -0.2) is 16.5 Å². The molecule has 0 aliphatic heterocycles. The van der Waals surface area contributed by atoms with Crippen LogP contribution >= 0.6 is 0 Å². The SMILES string of the molecule is O=C(NNC(=O)c1cccn1-c1ccc(F)cc1)Nc1ccccc1. The number of carbonyl (C=O) groups is 2. The van der Waals surface area contributed by atoms with Crippen LogP contribution in [-0.2, 0) is 0 Å². The number of nitrogens with zero attached hydrogens (tertiary/aromatic N) is 1. The highest BCUT2D eigenvalue weighted by Gasteiger charge is 2.13. The van der Waals surface area contributed by atoms with E-state index in [0.29, 0.717) is 17.1 Å². The van der Waals surface area contributed by atoms with Crippen molar-refractivity contribution in [1.29, 1.82) is 0 Å². The molecule has 0 atom stereocenters. The Bertz CT molecular complexity index is 876. The topological polar surface area (TPSA) is 75.2 Å². The van der Waals surface area contributed by atoms with Gasteiger partial charge in [-0.3, -0.25) is 10.2 Å². The molecule has 0 aliphatic carbocycles. The molecule has 3 N–H and O–H groups in total. The fraction of sp³-hybridized carbons (Fsp3) is 0. The van der Waals surface area contributed by atoms with Gasteiger partial charge in [-0.15, -0.1) is 0 Å². The lowest BCUT2D eigenvalue weighted by molar-refractivity contribution is 0.0931. The van der Waals surface area contributed by atoms with Crippen molar-refractivity contribution < 1.29 is 14.0 Å². The molecule has 0 bridgehead atoms. The van der Waals surface area contributed by atoms with E-state index in [1.165, 1.54) is 12.1 Å². The number of urea groups is 1. The average molecular weight is 338 g/mol. The molecule has 0 unspecified atom stereocenters. The van der Waals surface area contributed by atoms with Crippen molar-refractivity contribution >= 4 is 17.6 Å². The fourth-order valence-corrected chi connectivity index (χ4v) is 2.25. The lowest BCUT2D eigenvalue weighted by atomic mass is 10.3. The van der Waals surface area contributed by atoms with Crippen molar-refractivity contribution in [1.82, 2.24) is 15.4 Å². The number of hydrazine groups is 1. The number of hydrogen-bond donors (Lipinski definition) is 3. The molecule has 0 saturated carbocycles. The molecule has 1 aromatic heterocycles. The molecule has 126 valence electrons. The fourth-order valence-electron chi connectivity index (χ4n) is 2.25. The van der Waals surface area contributed by atoms with Crippen molar-refractivity contribution in [3.63, 3.8) is 0 Å². The lowest BCUT2D eigenvalue weighted by Crippen LogP contribution is -2.44. The van der Waals surface area contributed by atoms with Gasteiger partial charge in [0, 0.05) is 17.6 Å². The number of carbonyl (C=O) groups excluding carboxylic acids is 2. The van der Waals surface area contributed by atoms with E-state index in [-0.39, 0.29) is 5.82 Å². The summed E-state index contributed by atoms with van der Waals surface area (Å²) in [6, 6.07) is 17.3. The second-order valence-electron chi connectivity index (χ2n) is 5.14. The summed E-state index contributed by atoms with van der Waals surface area (Å²) >= 11 is 0. The van der Waals surface area contributed by atoms with Gasteiger partial charge in [0.15, 0.2) is 0 Å². The van der Waals surface area contributed by atoms with Crippen LogP contribution in [0.15, 0.2) is 72.9 Å². The van der Waals surface area contributed by atoms with E-state index in [9.17, 15) is 14.0 Å². The predicted octanol–water partition coefficient (Wildman–Crippen LogP) is 3.08. The van der Waals surface area contributed by atoms with Gasteiger partial charge in [0.25, 0.3) is 5.91 Å². The minimum atomic E-state index is -0.570. The smallest absolute Gasteiger partial charge is 0.312 e. The minimum absolute atomic E-state index is 0.298. The van der Waals surface area contributed by atoms with Gasteiger partial charge in [0.05, 0.1) is 0 Å². The zero-order valence-corrected chi connectivity index (χ0v) is 13.1. The Balaban J connectivity index is 1.63. The molecule has 0 fully saturated rings. The standard InChI is InChI=1S/C18H15FN4O2/c19-13-8-10-15(11-9-13)23-12-4-7-16(23)17(24)21-22-18(25)20-14-5-2-1-3-6-14/h1-12H,(H,21,24)(H2,20,22,25). The average Bonchev–Trinajstić information content (AvgIpc) is 3.11. The number of nitrogens with one attached hydrogen (secondary N) is 3. The maximum atomic E-state index is 13.0. The van der Waals surface area contributed by atoms with Gasteiger partial charge >= 0.3 is 6.03 Å². The van der Waals surface area contributed by atoms with Crippen LogP contribution < -0.4 is 16.2 Å². The number of rotatable bonds is 3. The number of anilines is 1. The zero-order valence-electron chi connectivity index (χ0n) is 13.1. The first-order valence-electron chi connectivity index (χ1n) is 7.49. The molecule has 0 aliphatic rings. The number of para-hydroxylation sites is 1. The van der Waals surface area contributed by atoms with Crippen LogP contribution in [0.2, 0.25) is 0 Å². The molecular formula is C18H15FN4O2. The van der Waals surface area contributed by atoms with Crippen molar-refractivity contribution in [3.05, 3.63) is 84.4 Å². The number of benzene rings is 2. The third-order valence-corrected chi connectivity index (χ3v) is 3.41. The highest BCUT2D eigenvalue weighted by molar-refractivity contribution is 5.96. The van der Waals surface area contributed by atoms with Crippen LogP contribution in [0.4, 0.5) is 14.9 Å². The number of amides is 3. The first-order chi connectivity index (χ1) is 12.1. The van der Waals surface area contributed by atoms with Crippen molar-refractivity contribution in [2.45, 2.75) is 0 Å². The summed E-state index contributed by atoms with van der Waals surface area (Å²) in [6.45, 7) is 0. The first kappa shape index (κ1) is 16.3. The van der Waals surface area contributed by atoms with Gasteiger partial charge in [0.1, 0.15) is 11.5 Å². The molecular weight excluding hydrogens is 323 g/mol. The Morgan fingerprint density at radius 1 is 0.840 bits per heavy atom. The summed E-state index contributed by atoms with van der Waals surface area (Å²) < 4.78 is 14.6. The van der Waals surface area contributed by atoms with Crippen molar-refractivity contribution in [2.75, 3.05) is 5.32 Å². The van der Waals surface area contributed by atoms with Gasteiger partial charge in [-0.2, -0.15) is 0 Å². The molecule has 25 heavy (non-hydrogen) atoms. The molecule has 3 rings (SSSR count). The summed E-state index contributed by atoms with van der Waals surface area (Å²) in [4.78, 5) is 24.1. The van der Waals surface area contributed by atoms with Crippen LogP contribution in [0, 0.1) is 5.82 Å². The van der Waals surface area contributed by atoms with E-state index >= 15 is 0 Å². The van der Waals surface area contributed by atoms with Gasteiger partial charge < -0.3 is 9.88 Å². The van der Waals surface area contributed by atoms with Crippen LogP contribution in [0.1, 0.15) is 10.5 Å². The van der Waals surface area contributed by atoms with E-state index in [0.717, 1.165) is 0 Å². The van der Waals surface area contributed by atoms with Gasteiger partial charge in [0.2, 0.25) is 0 Å². The maximum Gasteiger partial charge on any atom is 0.337 e. The van der Waals surface area contributed by atoms with E-state index in [2.05, 4.69) is 16.2 Å². The van der Waals surface area contributed by atoms with E-state index < -0.39 is 11.9 Å². The van der Waals surface area contributed by atoms with Gasteiger partial charge in [-0.1, -0.05) is 18.2 Å². The van der Waals surface area contributed by atoms with Crippen LogP contribution in [0.25, 0.3) is 5.69 Å².